The van der Waals surface area contributed by atoms with E-state index >= 15 is 0 Å². The minimum Gasteiger partial charge on any atom is -0.225 e. The van der Waals surface area contributed by atoms with E-state index in [1.807, 2.05) is 0 Å². The van der Waals surface area contributed by atoms with E-state index < -0.39 is 20.0 Å². The number of primary sulfonamides is 1. The molecule has 0 saturated heterocycles. The molecule has 0 spiro atoms. The monoisotopic (exact) mass is 292 g/mol. The van der Waals surface area contributed by atoms with Crippen LogP contribution in [0.25, 0.3) is 0 Å². The predicted molar refractivity (Wildman–Crippen MR) is 68.7 cm³/mol. The molecule has 1 aromatic rings. The summed E-state index contributed by atoms with van der Waals surface area (Å²) in [6.07, 6.45) is 0.541. The molecule has 0 aliphatic heterocycles. The first-order valence-electron chi connectivity index (χ1n) is 5.33. The minimum absolute atomic E-state index is 0.00247. The number of rotatable bonds is 6. The lowest BCUT2D eigenvalue weighted by Gasteiger charge is -2.06. The Morgan fingerprint density at radius 1 is 1.11 bits per heavy atom. The third-order valence-electron chi connectivity index (χ3n) is 2.22. The number of nitrogens with two attached hydrogens (primary N) is 1. The normalized spacial score (nSPS) is 12.6. The summed E-state index contributed by atoms with van der Waals surface area (Å²) < 4.78 is 47.3. The van der Waals surface area contributed by atoms with Gasteiger partial charge in [-0.05, 0) is 24.1 Å². The third-order valence-corrected chi connectivity index (χ3v) is 4.68. The van der Waals surface area contributed by atoms with Crippen LogP contribution in [0.1, 0.15) is 18.9 Å². The Bertz CT molecular complexity index is 591. The van der Waals surface area contributed by atoms with Crippen molar-refractivity contribution in [2.45, 2.75) is 24.8 Å². The molecule has 0 fully saturated rings. The van der Waals surface area contributed by atoms with E-state index in [9.17, 15) is 16.8 Å². The molecule has 0 aliphatic carbocycles. The SMILES string of the molecule is CCCS(=O)(=O)NCc1ccc(S(N)(=O)=O)cc1. The van der Waals surface area contributed by atoms with Gasteiger partial charge < -0.3 is 0 Å². The highest BCUT2D eigenvalue weighted by atomic mass is 32.2. The molecule has 1 rings (SSSR count). The van der Waals surface area contributed by atoms with E-state index in [0.29, 0.717) is 12.0 Å². The second-order valence-electron chi connectivity index (χ2n) is 3.83. The summed E-state index contributed by atoms with van der Waals surface area (Å²) in [4.78, 5) is 0.00247. The molecule has 0 amide bonds. The van der Waals surface area contributed by atoms with Crippen molar-refractivity contribution >= 4 is 20.0 Å². The maximum Gasteiger partial charge on any atom is 0.238 e. The lowest BCUT2D eigenvalue weighted by atomic mass is 10.2. The van der Waals surface area contributed by atoms with Gasteiger partial charge in [0.25, 0.3) is 0 Å². The fraction of sp³-hybridized carbons (Fsp3) is 0.400. The molecule has 0 atom stereocenters. The molecule has 18 heavy (non-hydrogen) atoms. The number of nitrogens with one attached hydrogen (secondary N) is 1. The van der Waals surface area contributed by atoms with Crippen LogP contribution in [0, 0.1) is 0 Å². The topological polar surface area (TPSA) is 106 Å². The van der Waals surface area contributed by atoms with E-state index in [-0.39, 0.29) is 17.2 Å². The zero-order chi connectivity index (χ0) is 13.8. The van der Waals surface area contributed by atoms with Gasteiger partial charge in [-0.3, -0.25) is 0 Å². The smallest absolute Gasteiger partial charge is 0.225 e. The molecule has 0 aliphatic rings. The van der Waals surface area contributed by atoms with Crippen LogP contribution in [-0.4, -0.2) is 22.6 Å². The molecule has 0 bridgehead atoms. The van der Waals surface area contributed by atoms with Crippen LogP contribution >= 0.6 is 0 Å². The summed E-state index contributed by atoms with van der Waals surface area (Å²) in [6.45, 7) is 1.91. The van der Waals surface area contributed by atoms with Crippen molar-refractivity contribution in [3.05, 3.63) is 29.8 Å². The van der Waals surface area contributed by atoms with Crippen molar-refractivity contribution < 1.29 is 16.8 Å². The van der Waals surface area contributed by atoms with Crippen LogP contribution in [0.5, 0.6) is 0 Å². The Labute approximate surface area is 107 Å². The highest BCUT2D eigenvalue weighted by Crippen LogP contribution is 2.08. The highest BCUT2D eigenvalue weighted by Gasteiger charge is 2.09. The second kappa shape index (κ2) is 5.79. The summed E-state index contributed by atoms with van der Waals surface area (Å²) in [5.41, 5.74) is 0.669. The maximum atomic E-state index is 11.4. The standard InChI is InChI=1S/C10H16N2O4S2/c1-2-7-17(13,14)12-8-9-3-5-10(6-4-9)18(11,15)16/h3-6,12H,2,7-8H2,1H3,(H2,11,15,16). The third kappa shape index (κ3) is 4.73. The molecule has 0 unspecified atom stereocenters. The number of sulfonamides is 2. The van der Waals surface area contributed by atoms with Crippen molar-refractivity contribution in [2.75, 3.05) is 5.75 Å². The molecular weight excluding hydrogens is 276 g/mol. The zero-order valence-corrected chi connectivity index (χ0v) is 11.6. The molecule has 6 nitrogen and oxygen atoms in total. The minimum atomic E-state index is -3.71. The Hall–Kier alpha value is -0.960. The van der Waals surface area contributed by atoms with Gasteiger partial charge in [-0.25, -0.2) is 26.7 Å². The van der Waals surface area contributed by atoms with Gasteiger partial charge >= 0.3 is 0 Å². The Morgan fingerprint density at radius 3 is 2.11 bits per heavy atom. The Kier molecular flexibility index (Phi) is 4.85. The molecule has 0 saturated carbocycles. The number of benzene rings is 1. The number of hydrogen-bond acceptors (Lipinski definition) is 4. The van der Waals surface area contributed by atoms with Crippen molar-refractivity contribution in [3.8, 4) is 0 Å². The van der Waals surface area contributed by atoms with Gasteiger partial charge in [-0.2, -0.15) is 0 Å². The van der Waals surface area contributed by atoms with Gasteiger partial charge in [0.15, 0.2) is 0 Å². The molecular formula is C10H16N2O4S2. The average Bonchev–Trinajstić information content (AvgIpc) is 2.26. The van der Waals surface area contributed by atoms with Gasteiger partial charge in [-0.15, -0.1) is 0 Å². The van der Waals surface area contributed by atoms with Crippen molar-refractivity contribution in [1.82, 2.24) is 4.72 Å². The van der Waals surface area contributed by atoms with E-state index in [0.717, 1.165) is 0 Å². The molecule has 8 heteroatoms. The second-order valence-corrected chi connectivity index (χ2v) is 7.32. The van der Waals surface area contributed by atoms with Crippen LogP contribution in [0.3, 0.4) is 0 Å². The quantitative estimate of drug-likeness (QED) is 0.779. The molecule has 102 valence electrons. The first-order chi connectivity index (χ1) is 8.24. The predicted octanol–water partition coefficient (Wildman–Crippen LogP) is 0.163. The lowest BCUT2D eigenvalue weighted by Crippen LogP contribution is -2.25. The molecule has 0 heterocycles. The zero-order valence-electron chi connectivity index (χ0n) is 9.96. The lowest BCUT2D eigenvalue weighted by molar-refractivity contribution is 0.579. The summed E-state index contributed by atoms with van der Waals surface area (Å²) in [6, 6.07) is 5.74. The molecule has 0 radical (unpaired) electrons. The number of hydrogen-bond donors (Lipinski definition) is 2. The van der Waals surface area contributed by atoms with Gasteiger partial charge in [0, 0.05) is 6.54 Å². The first-order valence-corrected chi connectivity index (χ1v) is 8.53. The molecule has 0 aromatic heterocycles. The summed E-state index contributed by atoms with van der Waals surface area (Å²) in [7, 11) is -6.97. The summed E-state index contributed by atoms with van der Waals surface area (Å²) in [5.74, 6) is 0.0717. The fourth-order valence-electron chi connectivity index (χ4n) is 1.33. The fourth-order valence-corrected chi connectivity index (χ4v) is 2.91. The largest absolute Gasteiger partial charge is 0.238 e. The van der Waals surface area contributed by atoms with E-state index in [1.54, 1.807) is 6.92 Å². The maximum absolute atomic E-state index is 11.4. The Morgan fingerprint density at radius 2 is 1.67 bits per heavy atom. The van der Waals surface area contributed by atoms with Gasteiger partial charge in [-0.1, -0.05) is 19.1 Å². The molecule has 1 aromatic carbocycles. The molecule has 3 N–H and O–H groups in total. The highest BCUT2D eigenvalue weighted by molar-refractivity contribution is 7.89. The van der Waals surface area contributed by atoms with Crippen LogP contribution in [0.15, 0.2) is 29.2 Å². The average molecular weight is 292 g/mol. The van der Waals surface area contributed by atoms with Gasteiger partial charge in [0.1, 0.15) is 0 Å². The van der Waals surface area contributed by atoms with Crippen LogP contribution in [0.2, 0.25) is 0 Å². The van der Waals surface area contributed by atoms with Crippen LogP contribution in [-0.2, 0) is 26.6 Å². The van der Waals surface area contributed by atoms with Crippen molar-refractivity contribution in [2.24, 2.45) is 5.14 Å². The van der Waals surface area contributed by atoms with Crippen molar-refractivity contribution in [3.63, 3.8) is 0 Å². The Balaban J connectivity index is 2.71. The van der Waals surface area contributed by atoms with Gasteiger partial charge in [0.05, 0.1) is 10.6 Å². The van der Waals surface area contributed by atoms with Gasteiger partial charge in [0.2, 0.25) is 20.0 Å². The summed E-state index contributed by atoms with van der Waals surface area (Å²) >= 11 is 0. The van der Waals surface area contributed by atoms with Crippen LogP contribution in [0.4, 0.5) is 0 Å². The van der Waals surface area contributed by atoms with E-state index in [1.165, 1.54) is 24.3 Å². The van der Waals surface area contributed by atoms with Crippen molar-refractivity contribution in [1.29, 1.82) is 0 Å². The van der Waals surface area contributed by atoms with E-state index in [2.05, 4.69) is 4.72 Å². The van der Waals surface area contributed by atoms with Crippen LogP contribution < -0.4 is 9.86 Å². The summed E-state index contributed by atoms with van der Waals surface area (Å²) in [5, 5.41) is 4.95. The van der Waals surface area contributed by atoms with E-state index in [4.69, 9.17) is 5.14 Å². The first kappa shape index (κ1) is 15.1.